The number of carbonyl (C=O) groups is 1. The number of hydrogen-bond acceptors (Lipinski definition) is 5. The largest absolute Gasteiger partial charge is 0.486 e. The number of hydrogen-bond donors (Lipinski definition) is 2. The van der Waals surface area contributed by atoms with Crippen molar-refractivity contribution in [2.45, 2.75) is 0 Å². The van der Waals surface area contributed by atoms with E-state index in [2.05, 4.69) is 10.3 Å². The van der Waals surface area contributed by atoms with Gasteiger partial charge in [0, 0.05) is 23.3 Å². The van der Waals surface area contributed by atoms with Crippen molar-refractivity contribution in [3.05, 3.63) is 63.9 Å². The van der Waals surface area contributed by atoms with Crippen molar-refractivity contribution in [2.24, 2.45) is 0 Å². The van der Waals surface area contributed by atoms with E-state index in [1.165, 1.54) is 29.8 Å². The van der Waals surface area contributed by atoms with Crippen LogP contribution in [0.3, 0.4) is 0 Å². The lowest BCUT2D eigenvalue weighted by Crippen LogP contribution is -2.16. The van der Waals surface area contributed by atoms with E-state index < -0.39 is 0 Å². The standard InChI is InChI=1S/C18H14N2O4S/c21-13-5-6-19-10-12(13)20-18(22)17-4-3-16(25-17)11-1-2-14-15(9-11)24-8-7-23-14/h1-6,9-10H,7-8H2,(H,19,21)(H,20,22). The van der Waals surface area contributed by atoms with Gasteiger partial charge in [-0.3, -0.25) is 9.59 Å². The van der Waals surface area contributed by atoms with Crippen LogP contribution < -0.4 is 20.2 Å². The van der Waals surface area contributed by atoms with Crippen LogP contribution in [0, 0.1) is 0 Å². The quantitative estimate of drug-likeness (QED) is 0.757. The normalized spacial score (nSPS) is 12.6. The summed E-state index contributed by atoms with van der Waals surface area (Å²) in [7, 11) is 0. The van der Waals surface area contributed by atoms with Crippen molar-refractivity contribution in [1.29, 1.82) is 0 Å². The molecule has 0 spiro atoms. The first-order valence-electron chi connectivity index (χ1n) is 7.69. The number of pyridine rings is 1. The molecule has 0 radical (unpaired) electrons. The van der Waals surface area contributed by atoms with Gasteiger partial charge in [0.05, 0.1) is 4.88 Å². The molecule has 0 fully saturated rings. The molecule has 3 heterocycles. The summed E-state index contributed by atoms with van der Waals surface area (Å²) in [5.74, 6) is 1.12. The van der Waals surface area contributed by atoms with Crippen LogP contribution in [0.2, 0.25) is 0 Å². The van der Waals surface area contributed by atoms with Gasteiger partial charge in [-0.2, -0.15) is 0 Å². The summed E-state index contributed by atoms with van der Waals surface area (Å²) in [5, 5.41) is 2.62. The molecule has 0 atom stereocenters. The molecule has 7 heteroatoms. The Morgan fingerprint density at radius 3 is 2.76 bits per heavy atom. The van der Waals surface area contributed by atoms with Crippen LogP contribution in [0.15, 0.2) is 53.6 Å². The number of H-pyrrole nitrogens is 1. The zero-order valence-electron chi connectivity index (χ0n) is 13.1. The van der Waals surface area contributed by atoms with Crippen LogP contribution in [-0.4, -0.2) is 24.1 Å². The van der Waals surface area contributed by atoms with Gasteiger partial charge in [0.15, 0.2) is 11.5 Å². The van der Waals surface area contributed by atoms with Crippen LogP contribution in [0.4, 0.5) is 5.69 Å². The summed E-state index contributed by atoms with van der Waals surface area (Å²) >= 11 is 1.35. The van der Waals surface area contributed by atoms with E-state index >= 15 is 0 Å². The zero-order valence-corrected chi connectivity index (χ0v) is 13.9. The van der Waals surface area contributed by atoms with Crippen LogP contribution in [0.5, 0.6) is 11.5 Å². The molecule has 2 aromatic heterocycles. The highest BCUT2D eigenvalue weighted by atomic mass is 32.1. The van der Waals surface area contributed by atoms with Gasteiger partial charge in [0.2, 0.25) is 5.43 Å². The number of ether oxygens (including phenoxy) is 2. The average molecular weight is 354 g/mol. The number of aromatic amines is 1. The molecule has 0 saturated carbocycles. The van der Waals surface area contributed by atoms with E-state index in [1.807, 2.05) is 24.3 Å². The Hall–Kier alpha value is -3.06. The number of thiophene rings is 1. The third-order valence-corrected chi connectivity index (χ3v) is 4.86. The third kappa shape index (κ3) is 3.14. The van der Waals surface area contributed by atoms with E-state index in [0.29, 0.717) is 23.8 Å². The Kier molecular flexibility index (Phi) is 3.99. The molecule has 25 heavy (non-hydrogen) atoms. The molecule has 1 aromatic carbocycles. The van der Waals surface area contributed by atoms with E-state index in [4.69, 9.17) is 9.47 Å². The molecule has 126 valence electrons. The van der Waals surface area contributed by atoms with Crippen molar-refractivity contribution in [2.75, 3.05) is 18.5 Å². The van der Waals surface area contributed by atoms with Crippen molar-refractivity contribution in [1.82, 2.24) is 4.98 Å². The molecule has 1 aliphatic heterocycles. The topological polar surface area (TPSA) is 80.4 Å². The van der Waals surface area contributed by atoms with Gasteiger partial charge in [-0.25, -0.2) is 0 Å². The fourth-order valence-corrected chi connectivity index (χ4v) is 3.41. The average Bonchev–Trinajstić information content (AvgIpc) is 3.13. The molecule has 0 aliphatic carbocycles. The molecule has 2 N–H and O–H groups in total. The minimum atomic E-state index is -0.314. The van der Waals surface area contributed by atoms with E-state index in [9.17, 15) is 9.59 Å². The number of benzene rings is 1. The summed E-state index contributed by atoms with van der Waals surface area (Å²) in [5.41, 5.74) is 0.934. The zero-order chi connectivity index (χ0) is 17.2. The summed E-state index contributed by atoms with van der Waals surface area (Å²) in [6.07, 6.45) is 2.98. The molecular weight excluding hydrogens is 340 g/mol. The highest BCUT2D eigenvalue weighted by Gasteiger charge is 2.15. The van der Waals surface area contributed by atoms with Crippen molar-refractivity contribution in [3.8, 4) is 21.9 Å². The SMILES string of the molecule is O=C(Nc1c[nH]ccc1=O)c1ccc(-c2ccc3c(c2)OCCO3)s1. The fraction of sp³-hybridized carbons (Fsp3) is 0.111. The number of aromatic nitrogens is 1. The Labute approximate surface area is 147 Å². The molecule has 4 rings (SSSR count). The van der Waals surface area contributed by atoms with Crippen molar-refractivity contribution >= 4 is 22.9 Å². The fourth-order valence-electron chi connectivity index (χ4n) is 2.51. The van der Waals surface area contributed by atoms with Crippen molar-refractivity contribution in [3.63, 3.8) is 0 Å². The highest BCUT2D eigenvalue weighted by Crippen LogP contribution is 2.36. The van der Waals surface area contributed by atoms with Crippen molar-refractivity contribution < 1.29 is 14.3 Å². The Morgan fingerprint density at radius 1 is 1.08 bits per heavy atom. The summed E-state index contributed by atoms with van der Waals surface area (Å²) in [4.78, 5) is 28.3. The molecule has 0 unspecified atom stereocenters. The van der Waals surface area contributed by atoms with Crippen LogP contribution >= 0.6 is 11.3 Å². The number of fused-ring (bicyclic) bond motifs is 1. The Morgan fingerprint density at radius 2 is 1.92 bits per heavy atom. The van der Waals surface area contributed by atoms with Gasteiger partial charge < -0.3 is 19.8 Å². The maximum absolute atomic E-state index is 12.3. The van der Waals surface area contributed by atoms with Gasteiger partial charge in [0.1, 0.15) is 18.9 Å². The number of carbonyl (C=O) groups excluding carboxylic acids is 1. The lowest BCUT2D eigenvalue weighted by Gasteiger charge is -2.18. The second-order valence-electron chi connectivity index (χ2n) is 5.40. The maximum atomic E-state index is 12.3. The van der Waals surface area contributed by atoms with E-state index in [0.717, 1.165) is 16.2 Å². The second kappa shape index (κ2) is 6.45. The predicted molar refractivity (Wildman–Crippen MR) is 95.8 cm³/mol. The number of amides is 1. The first kappa shape index (κ1) is 15.5. The van der Waals surface area contributed by atoms with Gasteiger partial charge in [-0.05, 0) is 35.9 Å². The first-order chi connectivity index (χ1) is 12.2. The van der Waals surface area contributed by atoms with Gasteiger partial charge in [0.25, 0.3) is 5.91 Å². The smallest absolute Gasteiger partial charge is 0.265 e. The first-order valence-corrected chi connectivity index (χ1v) is 8.51. The molecule has 3 aromatic rings. The Balaban J connectivity index is 1.57. The minimum absolute atomic E-state index is 0.224. The predicted octanol–water partition coefficient (Wildman–Crippen LogP) is 3.13. The van der Waals surface area contributed by atoms with E-state index in [-0.39, 0.29) is 17.0 Å². The molecule has 1 aliphatic rings. The number of anilines is 1. The monoisotopic (exact) mass is 354 g/mol. The van der Waals surface area contributed by atoms with Gasteiger partial charge in [-0.1, -0.05) is 0 Å². The molecule has 0 bridgehead atoms. The second-order valence-corrected chi connectivity index (χ2v) is 6.48. The lowest BCUT2D eigenvalue weighted by molar-refractivity contribution is 0.103. The third-order valence-electron chi connectivity index (χ3n) is 3.73. The van der Waals surface area contributed by atoms with Gasteiger partial charge >= 0.3 is 0 Å². The highest BCUT2D eigenvalue weighted by molar-refractivity contribution is 7.17. The summed E-state index contributed by atoms with van der Waals surface area (Å²) in [6, 6.07) is 10.7. The lowest BCUT2D eigenvalue weighted by atomic mass is 10.1. The summed E-state index contributed by atoms with van der Waals surface area (Å²) < 4.78 is 11.1. The van der Waals surface area contributed by atoms with E-state index in [1.54, 1.807) is 6.07 Å². The maximum Gasteiger partial charge on any atom is 0.265 e. The summed E-state index contributed by atoms with van der Waals surface area (Å²) in [6.45, 7) is 1.08. The molecular formula is C18H14N2O4S. The molecule has 1 amide bonds. The number of nitrogens with one attached hydrogen (secondary N) is 2. The Bertz CT molecular complexity index is 992. The number of rotatable bonds is 3. The van der Waals surface area contributed by atoms with Crippen LogP contribution in [0.1, 0.15) is 9.67 Å². The van der Waals surface area contributed by atoms with Gasteiger partial charge in [-0.15, -0.1) is 11.3 Å². The molecule has 6 nitrogen and oxygen atoms in total. The minimum Gasteiger partial charge on any atom is -0.486 e. The van der Waals surface area contributed by atoms with Crippen LogP contribution in [-0.2, 0) is 0 Å². The van der Waals surface area contributed by atoms with Crippen LogP contribution in [0.25, 0.3) is 10.4 Å². The molecule has 0 saturated heterocycles.